The molecule has 5 rings (SSSR count). The van der Waals surface area contributed by atoms with E-state index in [9.17, 15) is 10.1 Å². The molecule has 0 atom stereocenters. The second kappa shape index (κ2) is 8.28. The molecule has 0 saturated carbocycles. The average molecular weight is 433 g/mol. The molecule has 0 bridgehead atoms. The maximum atomic E-state index is 11.6. The van der Waals surface area contributed by atoms with Crippen molar-refractivity contribution in [2.24, 2.45) is 7.05 Å². The third kappa shape index (κ3) is 3.71. The van der Waals surface area contributed by atoms with Gasteiger partial charge in [-0.05, 0) is 18.9 Å². The smallest absolute Gasteiger partial charge is 0.219 e. The van der Waals surface area contributed by atoms with Crippen molar-refractivity contribution in [1.82, 2.24) is 29.2 Å². The van der Waals surface area contributed by atoms with E-state index < -0.39 is 0 Å². The lowest BCUT2D eigenvalue weighted by molar-refractivity contribution is -0.130. The number of carbonyl (C=O) groups excluding carboxylic acids is 1. The van der Waals surface area contributed by atoms with Crippen LogP contribution in [-0.4, -0.2) is 80.4 Å². The molecule has 2 fully saturated rings. The number of aryl methyl sites for hydroxylation is 1. The van der Waals surface area contributed by atoms with Gasteiger partial charge in [0.2, 0.25) is 5.91 Å². The summed E-state index contributed by atoms with van der Waals surface area (Å²) in [7, 11) is 1.91. The van der Waals surface area contributed by atoms with Crippen LogP contribution >= 0.6 is 0 Å². The number of pyridine rings is 1. The molecule has 1 amide bonds. The fraction of sp³-hybridized carbons (Fsp3) is 0.478. The van der Waals surface area contributed by atoms with E-state index in [1.165, 1.54) is 0 Å². The molecule has 166 valence electrons. The van der Waals surface area contributed by atoms with Gasteiger partial charge in [-0.1, -0.05) is 0 Å². The Hall–Kier alpha value is -3.38. The van der Waals surface area contributed by atoms with E-state index in [0.717, 1.165) is 74.4 Å². The van der Waals surface area contributed by atoms with Gasteiger partial charge in [0, 0.05) is 82.8 Å². The molecule has 9 nitrogen and oxygen atoms in total. The number of piperazine rings is 1. The highest BCUT2D eigenvalue weighted by Gasteiger charge is 2.29. The lowest BCUT2D eigenvalue weighted by Gasteiger charge is -2.43. The summed E-state index contributed by atoms with van der Waals surface area (Å²) in [5.74, 6) is 0.172. The van der Waals surface area contributed by atoms with Gasteiger partial charge >= 0.3 is 0 Å². The minimum atomic E-state index is 0.172. The summed E-state index contributed by atoms with van der Waals surface area (Å²) >= 11 is 0. The molecular formula is C23H28N8O. The van der Waals surface area contributed by atoms with E-state index in [1.54, 1.807) is 17.8 Å². The van der Waals surface area contributed by atoms with Crippen LogP contribution in [-0.2, 0) is 11.8 Å². The number of aromatic nitrogens is 4. The highest BCUT2D eigenvalue weighted by atomic mass is 16.2. The predicted octanol–water partition coefficient (Wildman–Crippen LogP) is 1.74. The first-order chi connectivity index (χ1) is 15.5. The second-order valence-electron chi connectivity index (χ2n) is 8.74. The summed E-state index contributed by atoms with van der Waals surface area (Å²) in [5, 5.41) is 18.4. The first-order valence-electron chi connectivity index (χ1n) is 11.2. The Bertz CT molecular complexity index is 1170. The minimum absolute atomic E-state index is 0.172. The molecule has 2 saturated heterocycles. The Morgan fingerprint density at radius 2 is 1.78 bits per heavy atom. The van der Waals surface area contributed by atoms with Crippen LogP contribution in [0.3, 0.4) is 0 Å². The van der Waals surface area contributed by atoms with Crippen molar-refractivity contribution < 1.29 is 4.79 Å². The van der Waals surface area contributed by atoms with Gasteiger partial charge in [0.25, 0.3) is 0 Å². The molecule has 9 heteroatoms. The zero-order chi connectivity index (χ0) is 22.2. The molecule has 3 aromatic rings. The van der Waals surface area contributed by atoms with Crippen LogP contribution in [0.5, 0.6) is 0 Å². The number of amides is 1. The lowest BCUT2D eigenvalue weighted by atomic mass is 10.0. The number of fused-ring (bicyclic) bond motifs is 1. The molecule has 5 heterocycles. The zero-order valence-electron chi connectivity index (χ0n) is 18.6. The Morgan fingerprint density at radius 3 is 2.41 bits per heavy atom. The van der Waals surface area contributed by atoms with Crippen LogP contribution in [0.4, 0.5) is 5.69 Å². The van der Waals surface area contributed by atoms with E-state index in [-0.39, 0.29) is 5.91 Å². The van der Waals surface area contributed by atoms with Crippen molar-refractivity contribution >= 4 is 17.1 Å². The van der Waals surface area contributed by atoms with Crippen LogP contribution in [0.1, 0.15) is 25.3 Å². The topological polar surface area (TPSA) is 85.7 Å². The van der Waals surface area contributed by atoms with Gasteiger partial charge < -0.3 is 9.80 Å². The summed E-state index contributed by atoms with van der Waals surface area (Å²) in [5.41, 5.74) is 4.59. The van der Waals surface area contributed by atoms with E-state index in [0.29, 0.717) is 11.6 Å². The fourth-order valence-corrected chi connectivity index (χ4v) is 5.03. The number of piperidine rings is 1. The van der Waals surface area contributed by atoms with Crippen molar-refractivity contribution in [2.75, 3.05) is 44.2 Å². The fourth-order valence-electron chi connectivity index (χ4n) is 5.03. The summed E-state index contributed by atoms with van der Waals surface area (Å²) < 4.78 is 3.61. The Morgan fingerprint density at radius 1 is 1.03 bits per heavy atom. The number of rotatable bonds is 3. The molecule has 0 aromatic carbocycles. The van der Waals surface area contributed by atoms with Crippen LogP contribution in [0, 0.1) is 11.3 Å². The first-order valence-corrected chi connectivity index (χ1v) is 11.2. The predicted molar refractivity (Wildman–Crippen MR) is 121 cm³/mol. The van der Waals surface area contributed by atoms with Gasteiger partial charge in [0.05, 0.1) is 23.6 Å². The normalized spacial score (nSPS) is 18.3. The molecule has 3 aromatic heterocycles. The maximum absolute atomic E-state index is 11.6. The number of carbonyl (C=O) groups is 1. The minimum Gasteiger partial charge on any atom is -0.370 e. The van der Waals surface area contributed by atoms with Crippen LogP contribution in [0.15, 0.2) is 30.9 Å². The summed E-state index contributed by atoms with van der Waals surface area (Å²) in [4.78, 5) is 18.5. The van der Waals surface area contributed by atoms with Gasteiger partial charge in [-0.15, -0.1) is 0 Å². The third-order valence-electron chi connectivity index (χ3n) is 6.83. The third-order valence-corrected chi connectivity index (χ3v) is 6.83. The van der Waals surface area contributed by atoms with Crippen LogP contribution in [0.25, 0.3) is 16.6 Å². The second-order valence-corrected chi connectivity index (χ2v) is 8.74. The Kier molecular flexibility index (Phi) is 5.31. The van der Waals surface area contributed by atoms with Crippen molar-refractivity contribution in [3.63, 3.8) is 0 Å². The maximum Gasteiger partial charge on any atom is 0.219 e. The lowest BCUT2D eigenvalue weighted by Crippen LogP contribution is -2.54. The highest BCUT2D eigenvalue weighted by molar-refractivity contribution is 5.83. The number of nitrogens with zero attached hydrogens (tertiary/aromatic N) is 8. The zero-order valence-corrected chi connectivity index (χ0v) is 18.6. The quantitative estimate of drug-likeness (QED) is 0.627. The molecule has 32 heavy (non-hydrogen) atoms. The molecular weight excluding hydrogens is 404 g/mol. The largest absolute Gasteiger partial charge is 0.370 e. The molecule has 0 N–H and O–H groups in total. The van der Waals surface area contributed by atoms with Crippen molar-refractivity contribution in [1.29, 1.82) is 5.26 Å². The number of hydrogen-bond donors (Lipinski definition) is 0. The average Bonchev–Trinajstić information content (AvgIpc) is 3.44. The van der Waals surface area contributed by atoms with Crippen molar-refractivity contribution in [3.05, 3.63) is 36.4 Å². The van der Waals surface area contributed by atoms with Gasteiger partial charge in [-0.25, -0.2) is 4.52 Å². The van der Waals surface area contributed by atoms with Crippen molar-refractivity contribution in [2.45, 2.75) is 25.8 Å². The monoisotopic (exact) mass is 432 g/mol. The molecule has 0 spiro atoms. The number of nitriles is 1. The summed E-state index contributed by atoms with van der Waals surface area (Å²) in [6.07, 6.45) is 9.60. The summed E-state index contributed by atoms with van der Waals surface area (Å²) in [6.45, 7) is 7.06. The van der Waals surface area contributed by atoms with Gasteiger partial charge in [0.15, 0.2) is 0 Å². The van der Waals surface area contributed by atoms with Crippen LogP contribution in [0.2, 0.25) is 0 Å². The molecule has 2 aliphatic rings. The van der Waals surface area contributed by atoms with E-state index in [2.05, 4.69) is 32.1 Å². The first kappa shape index (κ1) is 20.5. The molecule has 0 aliphatic carbocycles. The molecule has 2 aliphatic heterocycles. The van der Waals surface area contributed by atoms with E-state index >= 15 is 0 Å². The SMILES string of the molecule is CC(=O)N1CCN(C2CCN(c3cc(-c4cnn(C)c4)cn4ncc(C#N)c34)CC2)CC1. The van der Waals surface area contributed by atoms with Gasteiger partial charge in [-0.3, -0.25) is 14.4 Å². The number of hydrogen-bond acceptors (Lipinski definition) is 6. The number of anilines is 1. The van der Waals surface area contributed by atoms with Crippen molar-refractivity contribution in [3.8, 4) is 17.2 Å². The van der Waals surface area contributed by atoms with E-state index in [1.807, 2.05) is 35.1 Å². The molecule has 0 radical (unpaired) electrons. The van der Waals surface area contributed by atoms with Gasteiger partial charge in [-0.2, -0.15) is 15.5 Å². The van der Waals surface area contributed by atoms with Crippen LogP contribution < -0.4 is 4.90 Å². The molecule has 0 unspecified atom stereocenters. The standard InChI is InChI=1S/C23H28N8O/c1-17(32)28-7-9-29(10-8-28)21-3-5-30(6-4-21)22-11-18(20-14-25-27(2)15-20)16-31-23(22)19(12-24)13-26-31/h11,13-16,21H,3-10H2,1-2H3. The Balaban J connectivity index is 1.37. The van der Waals surface area contributed by atoms with E-state index in [4.69, 9.17) is 0 Å². The highest BCUT2D eigenvalue weighted by Crippen LogP contribution is 2.33. The Labute approximate surface area is 187 Å². The van der Waals surface area contributed by atoms with Gasteiger partial charge in [0.1, 0.15) is 11.6 Å². The summed E-state index contributed by atoms with van der Waals surface area (Å²) in [6, 6.07) is 5.01.